The Morgan fingerprint density at radius 3 is 2.39 bits per heavy atom. The molecule has 3 aliphatic carbocycles. The predicted molar refractivity (Wildman–Crippen MR) is 132 cm³/mol. The smallest absolute Gasteiger partial charge is 0.303 e. The third-order valence-electron chi connectivity index (χ3n) is 11.0. The molecule has 4 fully saturated rings. The molecule has 3 saturated carbocycles. The lowest BCUT2D eigenvalue weighted by atomic mass is 9.46. The van der Waals surface area contributed by atoms with Crippen molar-refractivity contribution >= 4 is 11.9 Å². The molecule has 1 aliphatic heterocycles. The van der Waals surface area contributed by atoms with Crippen LogP contribution < -0.4 is 0 Å². The number of piperidine rings is 1. The molecule has 4 heteroatoms. The fourth-order valence-corrected chi connectivity index (χ4v) is 9.54. The van der Waals surface area contributed by atoms with Gasteiger partial charge >= 0.3 is 5.97 Å². The molecule has 0 aromatic carbocycles. The van der Waals surface area contributed by atoms with Gasteiger partial charge < -0.3 is 9.64 Å². The highest BCUT2D eigenvalue weighted by atomic mass is 16.5. The molecule has 1 heterocycles. The maximum atomic E-state index is 12.9. The summed E-state index contributed by atoms with van der Waals surface area (Å²) in [5.74, 6) is 4.39. The second kappa shape index (κ2) is 9.19. The van der Waals surface area contributed by atoms with Crippen LogP contribution in [0.4, 0.5) is 0 Å². The average Bonchev–Trinajstić information content (AvgIpc) is 3.08. The Bertz CT molecular complexity index is 749. The molecule has 1 unspecified atom stereocenters. The minimum absolute atomic E-state index is 0.00271. The molecule has 0 aromatic heterocycles. The van der Waals surface area contributed by atoms with E-state index < -0.39 is 6.10 Å². The van der Waals surface area contributed by atoms with Gasteiger partial charge in [0.1, 0.15) is 0 Å². The summed E-state index contributed by atoms with van der Waals surface area (Å²) in [4.78, 5) is 26.6. The number of carbonyl (C=O) groups excluding carboxylic acids is 2. The molecule has 1 saturated heterocycles. The number of hydrogen-bond acceptors (Lipinski definition) is 3. The van der Waals surface area contributed by atoms with Gasteiger partial charge in [-0.2, -0.15) is 0 Å². The van der Waals surface area contributed by atoms with Gasteiger partial charge in [-0.3, -0.25) is 9.59 Å². The first-order chi connectivity index (χ1) is 15.5. The minimum Gasteiger partial charge on any atom is -0.452 e. The van der Waals surface area contributed by atoms with E-state index in [-0.39, 0.29) is 23.3 Å². The first kappa shape index (κ1) is 25.0. The molecular weight excluding hydrogens is 410 g/mol. The van der Waals surface area contributed by atoms with Gasteiger partial charge in [0.25, 0.3) is 5.91 Å². The fraction of sp³-hybridized carbons (Fsp3) is 0.931. The van der Waals surface area contributed by atoms with Crippen LogP contribution in [0.1, 0.15) is 106 Å². The Hall–Kier alpha value is -1.06. The van der Waals surface area contributed by atoms with Crippen molar-refractivity contribution in [3.05, 3.63) is 0 Å². The molecular formula is C29H49NO3. The van der Waals surface area contributed by atoms with Crippen LogP contribution in [0.5, 0.6) is 0 Å². The van der Waals surface area contributed by atoms with Crippen molar-refractivity contribution in [3.63, 3.8) is 0 Å². The Morgan fingerprint density at radius 2 is 1.73 bits per heavy atom. The molecule has 0 bridgehead atoms. The Morgan fingerprint density at radius 1 is 1.03 bits per heavy atom. The number of amides is 1. The number of nitrogens with zero attached hydrogens (tertiary/aromatic N) is 1. The summed E-state index contributed by atoms with van der Waals surface area (Å²) in [7, 11) is 1.94. The van der Waals surface area contributed by atoms with Crippen molar-refractivity contribution < 1.29 is 14.3 Å². The molecule has 0 spiro atoms. The first-order valence-electron chi connectivity index (χ1n) is 13.9. The highest BCUT2D eigenvalue weighted by Gasteiger charge is 2.62. The van der Waals surface area contributed by atoms with E-state index in [0.29, 0.717) is 17.8 Å². The minimum atomic E-state index is -0.599. The maximum absolute atomic E-state index is 12.9. The van der Waals surface area contributed by atoms with Crippen LogP contribution in [-0.2, 0) is 14.3 Å². The van der Waals surface area contributed by atoms with Gasteiger partial charge in [0.2, 0.25) is 0 Å². The van der Waals surface area contributed by atoms with Crippen LogP contribution >= 0.6 is 0 Å². The summed E-state index contributed by atoms with van der Waals surface area (Å²) in [6, 6.07) is 0.287. The Kier molecular flexibility index (Phi) is 6.97. The molecule has 33 heavy (non-hydrogen) atoms. The maximum Gasteiger partial charge on any atom is 0.303 e. The van der Waals surface area contributed by atoms with Gasteiger partial charge in [0, 0.05) is 26.4 Å². The second-order valence-electron chi connectivity index (χ2n) is 13.3. The molecule has 1 amide bonds. The average molecular weight is 460 g/mol. The number of esters is 1. The summed E-state index contributed by atoms with van der Waals surface area (Å²) in [6.45, 7) is 13.7. The highest BCUT2D eigenvalue weighted by Crippen LogP contribution is 2.67. The highest BCUT2D eigenvalue weighted by molar-refractivity contribution is 5.84. The third kappa shape index (κ3) is 4.27. The van der Waals surface area contributed by atoms with Gasteiger partial charge in [0.15, 0.2) is 6.10 Å². The topological polar surface area (TPSA) is 46.6 Å². The zero-order chi connectivity index (χ0) is 24.1. The van der Waals surface area contributed by atoms with Crippen molar-refractivity contribution in [2.45, 2.75) is 118 Å². The standard InChI is InChI=1S/C29H49NO3/c1-18(2)9-8-10-19(3)22-12-13-23-21-11-14-26-29(6,24(21)15-16-28(22,23)5)17-25(33-20(4)31)27(32)30(26)7/h18-19,21-26H,8-17H2,1-7H3/t19-,21+,22-,23+,24+,25?,26-,28-,29-/m1/s1. The van der Waals surface area contributed by atoms with E-state index in [0.717, 1.165) is 36.0 Å². The number of ether oxygens (including phenoxy) is 1. The summed E-state index contributed by atoms with van der Waals surface area (Å²) in [6.07, 6.45) is 12.0. The van der Waals surface area contributed by atoms with Gasteiger partial charge in [-0.25, -0.2) is 0 Å². The molecule has 0 N–H and O–H groups in total. The van der Waals surface area contributed by atoms with Crippen LogP contribution in [-0.4, -0.2) is 36.0 Å². The number of fused-ring (bicyclic) bond motifs is 5. The van der Waals surface area contributed by atoms with Crippen LogP contribution in [0.25, 0.3) is 0 Å². The van der Waals surface area contributed by atoms with Gasteiger partial charge in [-0.15, -0.1) is 0 Å². The predicted octanol–water partition coefficient (Wildman–Crippen LogP) is 6.47. The lowest BCUT2D eigenvalue weighted by molar-refractivity contribution is -0.185. The van der Waals surface area contributed by atoms with E-state index in [1.807, 2.05) is 11.9 Å². The molecule has 4 rings (SSSR count). The van der Waals surface area contributed by atoms with E-state index >= 15 is 0 Å². The van der Waals surface area contributed by atoms with Crippen LogP contribution in [0.3, 0.4) is 0 Å². The van der Waals surface area contributed by atoms with Crippen molar-refractivity contribution in [1.29, 1.82) is 0 Å². The SMILES string of the molecule is CC(=O)OC1C[C@]2(C)[C@H]3CC[C@]4(C)[C@@H]([C@H](C)CCCC(C)C)CC[C@H]4[C@@H]3CC[C@H]2N(C)C1=O. The van der Waals surface area contributed by atoms with E-state index in [1.54, 1.807) is 0 Å². The number of likely N-dealkylation sites (tertiary alicyclic amines) is 1. The summed E-state index contributed by atoms with van der Waals surface area (Å²) >= 11 is 0. The fourth-order valence-electron chi connectivity index (χ4n) is 9.54. The first-order valence-corrected chi connectivity index (χ1v) is 13.9. The van der Waals surface area contributed by atoms with Gasteiger partial charge in [0.05, 0.1) is 0 Å². The lowest BCUT2D eigenvalue weighted by Gasteiger charge is -2.62. The quantitative estimate of drug-likeness (QED) is 0.428. The molecule has 188 valence electrons. The normalized spacial score (nSPS) is 43.6. The molecule has 0 aromatic rings. The van der Waals surface area contributed by atoms with E-state index in [1.165, 1.54) is 58.3 Å². The Labute approximate surface area is 202 Å². The van der Waals surface area contributed by atoms with Crippen LogP contribution in [0, 0.1) is 46.3 Å². The monoisotopic (exact) mass is 459 g/mol. The number of likely N-dealkylation sites (N-methyl/N-ethyl adjacent to an activating group) is 1. The van der Waals surface area contributed by atoms with Crippen molar-refractivity contribution in [2.75, 3.05) is 7.05 Å². The summed E-state index contributed by atoms with van der Waals surface area (Å²) in [5, 5.41) is 0. The zero-order valence-corrected chi connectivity index (χ0v) is 22.4. The Balaban J connectivity index is 1.52. The van der Waals surface area contributed by atoms with E-state index in [9.17, 15) is 9.59 Å². The van der Waals surface area contributed by atoms with Gasteiger partial charge in [-0.05, 0) is 84.9 Å². The number of rotatable bonds is 6. The largest absolute Gasteiger partial charge is 0.452 e. The van der Waals surface area contributed by atoms with Crippen molar-refractivity contribution in [1.82, 2.24) is 4.90 Å². The van der Waals surface area contributed by atoms with Crippen LogP contribution in [0.15, 0.2) is 0 Å². The van der Waals surface area contributed by atoms with E-state index in [4.69, 9.17) is 4.74 Å². The molecule has 0 radical (unpaired) electrons. The number of carbonyl (C=O) groups is 2. The second-order valence-corrected chi connectivity index (χ2v) is 13.3. The number of hydrogen-bond donors (Lipinski definition) is 0. The van der Waals surface area contributed by atoms with Crippen LogP contribution in [0.2, 0.25) is 0 Å². The summed E-state index contributed by atoms with van der Waals surface area (Å²) < 4.78 is 5.55. The molecule has 4 aliphatic rings. The summed E-state index contributed by atoms with van der Waals surface area (Å²) in [5.41, 5.74) is 0.529. The van der Waals surface area contributed by atoms with Crippen molar-refractivity contribution in [3.8, 4) is 0 Å². The van der Waals surface area contributed by atoms with E-state index in [2.05, 4.69) is 34.6 Å². The third-order valence-corrected chi connectivity index (χ3v) is 11.0. The van der Waals surface area contributed by atoms with Crippen molar-refractivity contribution in [2.24, 2.45) is 46.3 Å². The zero-order valence-electron chi connectivity index (χ0n) is 22.4. The van der Waals surface area contributed by atoms with Gasteiger partial charge in [-0.1, -0.05) is 53.9 Å². The lowest BCUT2D eigenvalue weighted by Crippen LogP contribution is -2.65. The molecule has 9 atom stereocenters. The molecule has 4 nitrogen and oxygen atoms in total.